The SMILES string of the molecule is CN1CC[C@@H](Nc2cccc3c2cc(-c2nnc(CN)s2)n3C(F)C(F)F)[C@@H](F)C1. The van der Waals surface area contributed by atoms with Gasteiger partial charge < -0.3 is 20.5 Å². The molecule has 1 aromatic carbocycles. The lowest BCUT2D eigenvalue weighted by Gasteiger charge is -2.33. The zero-order chi connectivity index (χ0) is 21.4. The van der Waals surface area contributed by atoms with Gasteiger partial charge in [0.1, 0.15) is 11.2 Å². The highest BCUT2D eigenvalue weighted by molar-refractivity contribution is 7.14. The zero-order valence-corrected chi connectivity index (χ0v) is 17.1. The van der Waals surface area contributed by atoms with Gasteiger partial charge in [-0.15, -0.1) is 10.2 Å². The van der Waals surface area contributed by atoms with E-state index in [1.54, 1.807) is 24.3 Å². The smallest absolute Gasteiger partial charge is 0.288 e. The van der Waals surface area contributed by atoms with Crippen LogP contribution in [0.2, 0.25) is 0 Å². The summed E-state index contributed by atoms with van der Waals surface area (Å²) in [5.41, 5.74) is 6.59. The third kappa shape index (κ3) is 3.88. The van der Waals surface area contributed by atoms with Crippen molar-refractivity contribution in [2.75, 3.05) is 25.5 Å². The summed E-state index contributed by atoms with van der Waals surface area (Å²) in [6, 6.07) is 6.11. The van der Waals surface area contributed by atoms with E-state index in [1.807, 2.05) is 11.9 Å². The lowest BCUT2D eigenvalue weighted by Crippen LogP contribution is -2.46. The van der Waals surface area contributed by atoms with Crippen LogP contribution in [0.1, 0.15) is 17.7 Å². The second-order valence-corrected chi connectivity index (χ2v) is 8.43. The van der Waals surface area contributed by atoms with Crippen molar-refractivity contribution in [3.63, 3.8) is 0 Å². The maximum atomic E-state index is 14.6. The normalized spacial score (nSPS) is 21.4. The topological polar surface area (TPSA) is 72.0 Å². The maximum absolute atomic E-state index is 14.6. The molecule has 0 amide bonds. The molecule has 3 aromatic rings. The van der Waals surface area contributed by atoms with Gasteiger partial charge in [0.15, 0.2) is 5.01 Å². The van der Waals surface area contributed by atoms with Gasteiger partial charge >= 0.3 is 0 Å². The first-order valence-electron chi connectivity index (χ1n) is 9.57. The summed E-state index contributed by atoms with van der Waals surface area (Å²) in [5, 5.41) is 12.4. The van der Waals surface area contributed by atoms with Gasteiger partial charge in [-0.05, 0) is 31.7 Å². The number of likely N-dealkylation sites (tertiary alicyclic amines) is 1. The number of alkyl halides is 4. The quantitative estimate of drug-likeness (QED) is 0.568. The summed E-state index contributed by atoms with van der Waals surface area (Å²) in [7, 11) is 1.86. The number of hydrogen-bond acceptors (Lipinski definition) is 6. The van der Waals surface area contributed by atoms with Crippen molar-refractivity contribution in [1.29, 1.82) is 0 Å². The van der Waals surface area contributed by atoms with Crippen molar-refractivity contribution in [2.45, 2.75) is 37.9 Å². The Balaban J connectivity index is 1.79. The van der Waals surface area contributed by atoms with Crippen molar-refractivity contribution in [2.24, 2.45) is 5.73 Å². The summed E-state index contributed by atoms with van der Waals surface area (Å²) in [5.74, 6) is 0. The fraction of sp³-hybridized carbons (Fsp3) is 0.474. The predicted octanol–water partition coefficient (Wildman–Crippen LogP) is 3.81. The molecular formula is C19H22F4N6S. The molecule has 6 nitrogen and oxygen atoms in total. The van der Waals surface area contributed by atoms with Crippen molar-refractivity contribution in [3.05, 3.63) is 29.3 Å². The number of aromatic nitrogens is 3. The number of nitrogens with one attached hydrogen (secondary N) is 1. The molecule has 162 valence electrons. The number of piperidine rings is 1. The number of fused-ring (bicyclic) bond motifs is 1. The lowest BCUT2D eigenvalue weighted by atomic mass is 10.0. The third-order valence-electron chi connectivity index (χ3n) is 5.28. The van der Waals surface area contributed by atoms with Crippen LogP contribution in [0.25, 0.3) is 21.6 Å². The Labute approximate surface area is 174 Å². The average Bonchev–Trinajstić information content (AvgIpc) is 3.34. The van der Waals surface area contributed by atoms with Gasteiger partial charge in [-0.3, -0.25) is 0 Å². The van der Waals surface area contributed by atoms with Gasteiger partial charge in [-0.1, -0.05) is 17.4 Å². The van der Waals surface area contributed by atoms with Crippen LogP contribution in [0.3, 0.4) is 0 Å². The molecule has 0 saturated carbocycles. The zero-order valence-electron chi connectivity index (χ0n) is 16.2. The van der Waals surface area contributed by atoms with Gasteiger partial charge in [0.2, 0.25) is 6.30 Å². The first kappa shape index (κ1) is 21.0. The lowest BCUT2D eigenvalue weighted by molar-refractivity contribution is 0.0115. The van der Waals surface area contributed by atoms with Crippen molar-refractivity contribution in [3.8, 4) is 10.7 Å². The van der Waals surface area contributed by atoms with E-state index >= 15 is 0 Å². The molecule has 11 heteroatoms. The second-order valence-electron chi connectivity index (χ2n) is 7.37. The van der Waals surface area contributed by atoms with E-state index in [1.165, 1.54) is 0 Å². The Morgan fingerprint density at radius 1 is 1.30 bits per heavy atom. The predicted molar refractivity (Wildman–Crippen MR) is 109 cm³/mol. The number of nitrogens with two attached hydrogens (primary N) is 1. The van der Waals surface area contributed by atoms with Crippen LogP contribution in [0.15, 0.2) is 24.3 Å². The number of halogens is 4. The first-order chi connectivity index (χ1) is 14.4. The molecule has 0 bridgehead atoms. The minimum absolute atomic E-state index is 0.145. The van der Waals surface area contributed by atoms with E-state index in [0.29, 0.717) is 34.1 Å². The Hall–Kier alpha value is -2.24. The molecule has 0 radical (unpaired) electrons. The van der Waals surface area contributed by atoms with Gasteiger partial charge in [0.25, 0.3) is 6.43 Å². The summed E-state index contributed by atoms with van der Waals surface area (Å²) in [6.07, 6.45) is -6.26. The maximum Gasteiger partial charge on any atom is 0.288 e. The van der Waals surface area contributed by atoms with Gasteiger partial charge in [-0.2, -0.15) is 0 Å². The molecule has 4 rings (SSSR count). The standard InChI is InChI=1S/C19H22F4N6S/c1-28-6-5-13(11(20)9-28)25-12-3-2-4-14-10(12)7-15(29(14)18(23)17(21)22)19-27-26-16(8-24)30-19/h2-4,7,11,13,17-18,25H,5-6,8-9,24H2,1H3/t11-,13+,18?/m0/s1. The molecule has 1 aliphatic heterocycles. The molecule has 0 spiro atoms. The van der Waals surface area contributed by atoms with Crippen LogP contribution in [-0.2, 0) is 6.54 Å². The van der Waals surface area contributed by atoms with Gasteiger partial charge in [0.05, 0.1) is 17.3 Å². The number of anilines is 1. The molecule has 3 atom stereocenters. The van der Waals surface area contributed by atoms with Gasteiger partial charge in [-0.25, -0.2) is 17.6 Å². The van der Waals surface area contributed by atoms with Crippen LogP contribution in [0, 0.1) is 0 Å². The van der Waals surface area contributed by atoms with Crippen molar-refractivity contribution >= 4 is 27.9 Å². The van der Waals surface area contributed by atoms with Crippen LogP contribution < -0.4 is 11.1 Å². The summed E-state index contributed by atoms with van der Waals surface area (Å²) in [4.78, 5) is 1.92. The van der Waals surface area contributed by atoms with Crippen LogP contribution in [-0.4, -0.2) is 58.4 Å². The molecule has 1 saturated heterocycles. The average molecular weight is 442 g/mol. The number of hydrogen-bond donors (Lipinski definition) is 2. The Bertz CT molecular complexity index is 1020. The second kappa shape index (κ2) is 8.48. The summed E-state index contributed by atoms with van der Waals surface area (Å²) < 4.78 is 56.7. The van der Waals surface area contributed by atoms with E-state index in [2.05, 4.69) is 15.5 Å². The third-order valence-corrected chi connectivity index (χ3v) is 6.25. The number of rotatable bonds is 6. The van der Waals surface area contributed by atoms with Crippen molar-refractivity contribution < 1.29 is 17.6 Å². The minimum atomic E-state index is -3.22. The van der Waals surface area contributed by atoms with E-state index in [-0.39, 0.29) is 17.8 Å². The highest BCUT2D eigenvalue weighted by atomic mass is 32.1. The van der Waals surface area contributed by atoms with Crippen LogP contribution >= 0.6 is 11.3 Å². The number of benzene rings is 1. The summed E-state index contributed by atoms with van der Waals surface area (Å²) in [6.45, 7) is 1.20. The molecule has 3 heterocycles. The molecule has 1 fully saturated rings. The van der Waals surface area contributed by atoms with E-state index < -0.39 is 24.9 Å². The fourth-order valence-electron chi connectivity index (χ4n) is 3.78. The van der Waals surface area contributed by atoms with E-state index in [4.69, 9.17) is 5.73 Å². The Kier molecular flexibility index (Phi) is 5.94. The molecule has 30 heavy (non-hydrogen) atoms. The van der Waals surface area contributed by atoms with E-state index in [0.717, 1.165) is 22.4 Å². The molecule has 1 unspecified atom stereocenters. The largest absolute Gasteiger partial charge is 0.379 e. The molecule has 3 N–H and O–H groups in total. The molecule has 1 aliphatic rings. The minimum Gasteiger partial charge on any atom is -0.379 e. The monoisotopic (exact) mass is 442 g/mol. The van der Waals surface area contributed by atoms with Gasteiger partial charge in [0, 0.05) is 30.7 Å². The van der Waals surface area contributed by atoms with Crippen LogP contribution in [0.5, 0.6) is 0 Å². The summed E-state index contributed by atoms with van der Waals surface area (Å²) >= 11 is 1.12. The number of nitrogens with zero attached hydrogens (tertiary/aromatic N) is 4. The van der Waals surface area contributed by atoms with E-state index in [9.17, 15) is 17.6 Å². The molecule has 0 aliphatic carbocycles. The van der Waals surface area contributed by atoms with Crippen LogP contribution in [0.4, 0.5) is 23.2 Å². The first-order valence-corrected chi connectivity index (χ1v) is 10.4. The molecule has 2 aromatic heterocycles. The van der Waals surface area contributed by atoms with Crippen molar-refractivity contribution in [1.82, 2.24) is 19.7 Å². The molecular weight excluding hydrogens is 420 g/mol. The Morgan fingerprint density at radius 3 is 2.77 bits per heavy atom. The fourth-order valence-corrected chi connectivity index (χ4v) is 4.51. The highest BCUT2D eigenvalue weighted by Crippen LogP contribution is 2.38. The Morgan fingerprint density at radius 2 is 2.10 bits per heavy atom. The highest BCUT2D eigenvalue weighted by Gasteiger charge is 2.30.